The van der Waals surface area contributed by atoms with Crippen molar-refractivity contribution in [3.05, 3.63) is 24.0 Å². The van der Waals surface area contributed by atoms with E-state index in [1.165, 1.54) is 0 Å². The fraction of sp³-hybridized carbons (Fsp3) is 0.538. The number of aromatic nitrogens is 1. The molecule has 2 rings (SSSR count). The molecule has 1 aliphatic heterocycles. The van der Waals surface area contributed by atoms with E-state index >= 15 is 0 Å². The molecular formula is C13H19N3O2S. The normalized spacial score (nSPS) is 22.3. The molecular weight excluding hydrogens is 262 g/mol. The Kier molecular flexibility index (Phi) is 4.03. The molecule has 0 saturated carbocycles. The summed E-state index contributed by atoms with van der Waals surface area (Å²) in [6.07, 6.45) is 3.21. The van der Waals surface area contributed by atoms with Crippen LogP contribution >= 0.6 is 12.2 Å². The summed E-state index contributed by atoms with van der Waals surface area (Å²) in [5.41, 5.74) is 7.11. The third kappa shape index (κ3) is 3.20. The number of aliphatic hydroxyl groups is 1. The summed E-state index contributed by atoms with van der Waals surface area (Å²) in [5.74, 6) is 0. The van der Waals surface area contributed by atoms with Gasteiger partial charge >= 0.3 is 0 Å². The minimum absolute atomic E-state index is 0.0113. The highest BCUT2D eigenvalue weighted by atomic mass is 32.1. The fourth-order valence-corrected chi connectivity index (χ4v) is 2.59. The summed E-state index contributed by atoms with van der Waals surface area (Å²) in [7, 11) is 0. The summed E-state index contributed by atoms with van der Waals surface area (Å²) >= 11 is 5.08. The molecule has 1 fully saturated rings. The maximum atomic E-state index is 9.35. The lowest BCUT2D eigenvalue weighted by atomic mass is 10.0. The summed E-state index contributed by atoms with van der Waals surface area (Å²) in [5, 5.41) is 9.35. The Morgan fingerprint density at radius 3 is 3.05 bits per heavy atom. The minimum atomic E-state index is -0.338. The van der Waals surface area contributed by atoms with Crippen LogP contribution in [0.5, 0.6) is 0 Å². The molecule has 0 aliphatic carbocycles. The number of nitrogens with zero attached hydrogens (tertiary/aromatic N) is 2. The van der Waals surface area contributed by atoms with Gasteiger partial charge in [0.15, 0.2) is 0 Å². The Labute approximate surface area is 118 Å². The molecule has 1 aromatic rings. The van der Waals surface area contributed by atoms with Crippen LogP contribution in [0.1, 0.15) is 19.4 Å². The van der Waals surface area contributed by atoms with Crippen molar-refractivity contribution in [2.75, 3.05) is 24.6 Å². The summed E-state index contributed by atoms with van der Waals surface area (Å²) in [6.45, 7) is 5.28. The first kappa shape index (κ1) is 14.2. The molecule has 19 heavy (non-hydrogen) atoms. The van der Waals surface area contributed by atoms with Crippen LogP contribution in [0.15, 0.2) is 18.5 Å². The third-order valence-corrected chi connectivity index (χ3v) is 3.31. The molecule has 1 saturated heterocycles. The molecule has 0 radical (unpaired) electrons. The lowest BCUT2D eigenvalue weighted by Crippen LogP contribution is -2.54. The van der Waals surface area contributed by atoms with Gasteiger partial charge in [-0.05, 0) is 19.9 Å². The third-order valence-electron chi connectivity index (χ3n) is 3.09. The number of anilines is 1. The summed E-state index contributed by atoms with van der Waals surface area (Å²) in [4.78, 5) is 6.61. The molecule has 1 aliphatic rings. The van der Waals surface area contributed by atoms with Crippen LogP contribution in [-0.2, 0) is 4.74 Å². The molecule has 5 nitrogen and oxygen atoms in total. The van der Waals surface area contributed by atoms with Crippen molar-refractivity contribution >= 4 is 22.9 Å². The van der Waals surface area contributed by atoms with E-state index in [-0.39, 0.29) is 18.3 Å². The van der Waals surface area contributed by atoms with Crippen molar-refractivity contribution in [3.63, 3.8) is 0 Å². The zero-order chi connectivity index (χ0) is 14.0. The van der Waals surface area contributed by atoms with Crippen LogP contribution in [0.2, 0.25) is 0 Å². The van der Waals surface area contributed by atoms with E-state index in [2.05, 4.69) is 9.88 Å². The van der Waals surface area contributed by atoms with Crippen LogP contribution in [0.25, 0.3) is 0 Å². The first-order chi connectivity index (χ1) is 8.93. The number of aliphatic hydroxyl groups excluding tert-OH is 1. The molecule has 6 heteroatoms. The van der Waals surface area contributed by atoms with Crippen LogP contribution in [0.3, 0.4) is 0 Å². The molecule has 1 aromatic heterocycles. The van der Waals surface area contributed by atoms with E-state index in [0.717, 1.165) is 11.3 Å². The van der Waals surface area contributed by atoms with E-state index in [9.17, 15) is 5.11 Å². The van der Waals surface area contributed by atoms with Gasteiger partial charge in [0.25, 0.3) is 0 Å². The second kappa shape index (κ2) is 5.40. The number of nitrogens with two attached hydrogens (primary N) is 1. The second-order valence-corrected chi connectivity index (χ2v) is 5.76. The van der Waals surface area contributed by atoms with Gasteiger partial charge in [-0.3, -0.25) is 4.98 Å². The predicted octanol–water partition coefficient (Wildman–Crippen LogP) is 0.692. The van der Waals surface area contributed by atoms with Crippen molar-refractivity contribution in [2.45, 2.75) is 25.6 Å². The first-order valence-electron chi connectivity index (χ1n) is 6.20. The Hall–Kier alpha value is -1.24. The van der Waals surface area contributed by atoms with Crippen molar-refractivity contribution in [3.8, 4) is 0 Å². The molecule has 0 spiro atoms. The van der Waals surface area contributed by atoms with Crippen molar-refractivity contribution in [1.29, 1.82) is 0 Å². The van der Waals surface area contributed by atoms with Crippen molar-refractivity contribution in [1.82, 2.24) is 4.98 Å². The molecule has 1 unspecified atom stereocenters. The quantitative estimate of drug-likeness (QED) is 0.794. The zero-order valence-electron chi connectivity index (χ0n) is 11.2. The van der Waals surface area contributed by atoms with Gasteiger partial charge in [-0.25, -0.2) is 0 Å². The lowest BCUT2D eigenvalue weighted by molar-refractivity contribution is -0.101. The van der Waals surface area contributed by atoms with Gasteiger partial charge in [0.2, 0.25) is 0 Å². The van der Waals surface area contributed by atoms with Gasteiger partial charge in [-0.1, -0.05) is 12.2 Å². The second-order valence-electron chi connectivity index (χ2n) is 5.32. The van der Waals surface area contributed by atoms with E-state index in [1.54, 1.807) is 12.4 Å². The predicted molar refractivity (Wildman–Crippen MR) is 78.4 cm³/mol. The summed E-state index contributed by atoms with van der Waals surface area (Å²) < 4.78 is 5.80. The number of thiocarbonyl (C=S) groups is 1. The van der Waals surface area contributed by atoms with Crippen LogP contribution in [-0.4, -0.2) is 46.5 Å². The highest BCUT2D eigenvalue weighted by Crippen LogP contribution is 2.27. The number of pyridine rings is 1. The number of hydrogen-bond donors (Lipinski definition) is 2. The van der Waals surface area contributed by atoms with Gasteiger partial charge in [0.05, 0.1) is 30.2 Å². The van der Waals surface area contributed by atoms with Gasteiger partial charge in [0.1, 0.15) is 4.99 Å². The van der Waals surface area contributed by atoms with Crippen LogP contribution in [0, 0.1) is 0 Å². The average Bonchev–Trinajstić information content (AvgIpc) is 2.36. The van der Waals surface area contributed by atoms with E-state index in [4.69, 9.17) is 22.7 Å². The monoisotopic (exact) mass is 281 g/mol. The highest BCUT2D eigenvalue weighted by Gasteiger charge is 2.34. The van der Waals surface area contributed by atoms with Crippen molar-refractivity contribution in [2.24, 2.45) is 5.73 Å². The Morgan fingerprint density at radius 1 is 1.68 bits per heavy atom. The number of rotatable bonds is 3. The molecule has 0 bridgehead atoms. The van der Waals surface area contributed by atoms with Gasteiger partial charge in [-0.2, -0.15) is 0 Å². The SMILES string of the molecule is CC1(C)CN(c2cnccc2C(N)=S)CC(CO)O1. The molecule has 104 valence electrons. The molecule has 3 N–H and O–H groups in total. The Bertz CT molecular complexity index is 479. The van der Waals surface area contributed by atoms with E-state index in [1.807, 2.05) is 19.9 Å². The van der Waals surface area contributed by atoms with Gasteiger partial charge in [-0.15, -0.1) is 0 Å². The lowest BCUT2D eigenvalue weighted by Gasteiger charge is -2.43. The fourth-order valence-electron chi connectivity index (χ4n) is 2.42. The van der Waals surface area contributed by atoms with Crippen LogP contribution < -0.4 is 10.6 Å². The maximum Gasteiger partial charge on any atom is 0.106 e. The molecule has 2 heterocycles. The first-order valence-corrected chi connectivity index (χ1v) is 6.61. The topological polar surface area (TPSA) is 71.6 Å². The van der Waals surface area contributed by atoms with Crippen LogP contribution in [0.4, 0.5) is 5.69 Å². The number of ether oxygens (including phenoxy) is 1. The Balaban J connectivity index is 2.33. The molecule has 0 aromatic carbocycles. The van der Waals surface area contributed by atoms with E-state index < -0.39 is 0 Å². The summed E-state index contributed by atoms with van der Waals surface area (Å²) in [6, 6.07) is 1.81. The van der Waals surface area contributed by atoms with Crippen molar-refractivity contribution < 1.29 is 9.84 Å². The number of morpholine rings is 1. The zero-order valence-corrected chi connectivity index (χ0v) is 12.0. The smallest absolute Gasteiger partial charge is 0.106 e. The van der Waals surface area contributed by atoms with E-state index in [0.29, 0.717) is 18.1 Å². The average molecular weight is 281 g/mol. The minimum Gasteiger partial charge on any atom is -0.394 e. The van der Waals surface area contributed by atoms with Gasteiger partial charge < -0.3 is 20.5 Å². The number of hydrogen-bond acceptors (Lipinski definition) is 5. The standard InChI is InChI=1S/C13H19N3O2S/c1-13(2)8-16(6-9(7-17)18-13)11-5-15-4-3-10(11)12(14)19/h3-5,9,17H,6-8H2,1-2H3,(H2,14,19). The molecule has 0 amide bonds. The largest absolute Gasteiger partial charge is 0.394 e. The highest BCUT2D eigenvalue weighted by molar-refractivity contribution is 7.80. The van der Waals surface area contributed by atoms with Gasteiger partial charge in [0, 0.05) is 24.8 Å². The Morgan fingerprint density at radius 2 is 2.42 bits per heavy atom. The molecule has 1 atom stereocenters. The maximum absolute atomic E-state index is 9.35.